The summed E-state index contributed by atoms with van der Waals surface area (Å²) in [6, 6.07) is 10.7. The number of carbonyl (C=O) groups is 1. The Bertz CT molecular complexity index is 824. The van der Waals surface area contributed by atoms with Crippen molar-refractivity contribution in [3.05, 3.63) is 52.5 Å². The Morgan fingerprint density at radius 2 is 1.96 bits per heavy atom. The van der Waals surface area contributed by atoms with Crippen molar-refractivity contribution < 1.29 is 19.0 Å². The van der Waals surface area contributed by atoms with Crippen LogP contribution in [0, 0.1) is 0 Å². The van der Waals surface area contributed by atoms with Gasteiger partial charge in [-0.15, -0.1) is 0 Å². The van der Waals surface area contributed by atoms with Crippen LogP contribution in [0.15, 0.2) is 41.5 Å². The number of hydrazone groups is 1. The first-order chi connectivity index (χ1) is 13.6. The predicted octanol–water partition coefficient (Wildman–Crippen LogP) is 4.23. The zero-order valence-electron chi connectivity index (χ0n) is 16.3. The molecule has 0 saturated carbocycles. The summed E-state index contributed by atoms with van der Waals surface area (Å²) in [5.74, 6) is 1.70. The average Bonchev–Trinajstić information content (AvgIpc) is 2.69. The first-order valence-electron chi connectivity index (χ1n) is 9.11. The Morgan fingerprint density at radius 1 is 1.14 bits per heavy atom. The maximum atomic E-state index is 12.1. The zero-order chi connectivity index (χ0) is 20.4. The van der Waals surface area contributed by atoms with Crippen LogP contribution in [-0.2, 0) is 11.2 Å². The molecule has 2 aromatic carbocycles. The summed E-state index contributed by atoms with van der Waals surface area (Å²) in [4.78, 5) is 12.1. The van der Waals surface area contributed by atoms with Gasteiger partial charge in [-0.3, -0.25) is 4.79 Å². The second-order valence-corrected chi connectivity index (χ2v) is 6.32. The fourth-order valence-electron chi connectivity index (χ4n) is 2.41. The molecule has 6 nitrogen and oxygen atoms in total. The maximum Gasteiger partial charge on any atom is 0.244 e. The van der Waals surface area contributed by atoms with Gasteiger partial charge in [-0.05, 0) is 60.9 Å². The average molecular weight is 405 g/mol. The van der Waals surface area contributed by atoms with E-state index in [1.807, 2.05) is 32.0 Å². The van der Waals surface area contributed by atoms with E-state index >= 15 is 0 Å². The summed E-state index contributed by atoms with van der Waals surface area (Å²) in [5, 5.41) is 4.51. The van der Waals surface area contributed by atoms with Gasteiger partial charge in [-0.25, -0.2) is 5.43 Å². The molecule has 0 aliphatic heterocycles. The second-order valence-electron chi connectivity index (χ2n) is 5.91. The van der Waals surface area contributed by atoms with Crippen molar-refractivity contribution >= 4 is 23.7 Å². The van der Waals surface area contributed by atoms with Gasteiger partial charge in [0.25, 0.3) is 0 Å². The molecule has 0 aliphatic carbocycles. The Morgan fingerprint density at radius 3 is 2.68 bits per heavy atom. The van der Waals surface area contributed by atoms with E-state index in [1.165, 1.54) is 0 Å². The van der Waals surface area contributed by atoms with Crippen LogP contribution in [0.1, 0.15) is 31.4 Å². The van der Waals surface area contributed by atoms with Gasteiger partial charge < -0.3 is 14.2 Å². The lowest BCUT2D eigenvalue weighted by Crippen LogP contribution is -2.20. The minimum Gasteiger partial charge on any atom is -0.497 e. The van der Waals surface area contributed by atoms with Gasteiger partial charge in [0.15, 0.2) is 11.5 Å². The van der Waals surface area contributed by atoms with E-state index in [9.17, 15) is 4.79 Å². The van der Waals surface area contributed by atoms with E-state index in [0.717, 1.165) is 12.0 Å². The van der Waals surface area contributed by atoms with Crippen LogP contribution in [0.2, 0.25) is 5.02 Å². The van der Waals surface area contributed by atoms with Gasteiger partial charge in [0.1, 0.15) is 5.75 Å². The molecule has 0 fully saturated rings. The molecule has 2 aromatic rings. The van der Waals surface area contributed by atoms with Gasteiger partial charge >= 0.3 is 0 Å². The van der Waals surface area contributed by atoms with E-state index in [2.05, 4.69) is 10.5 Å². The van der Waals surface area contributed by atoms with Crippen molar-refractivity contribution in [3.63, 3.8) is 0 Å². The first kappa shape index (κ1) is 21.6. The fourth-order valence-corrected chi connectivity index (χ4v) is 2.59. The van der Waals surface area contributed by atoms with E-state index in [4.69, 9.17) is 25.8 Å². The maximum absolute atomic E-state index is 12.1. The van der Waals surface area contributed by atoms with E-state index in [1.54, 1.807) is 31.5 Å². The standard InChI is InChI=1S/C21H25ClN2O4/c1-4-10-28-19-9-6-15(11-20(19)27-5-2)14-23-24-21(25)13-16-12-17(26-3)7-8-18(16)22/h6-9,11-12,14H,4-5,10,13H2,1-3H3,(H,24,25)/b23-14+. The van der Waals surface area contributed by atoms with Crippen LogP contribution in [0.4, 0.5) is 0 Å². The molecule has 0 atom stereocenters. The van der Waals surface area contributed by atoms with Crippen LogP contribution in [0.5, 0.6) is 17.2 Å². The number of halogens is 1. The number of nitrogens with zero attached hydrogens (tertiary/aromatic N) is 1. The number of ether oxygens (including phenoxy) is 3. The lowest BCUT2D eigenvalue weighted by molar-refractivity contribution is -0.120. The zero-order valence-corrected chi connectivity index (χ0v) is 17.1. The highest BCUT2D eigenvalue weighted by Gasteiger charge is 2.09. The number of hydrogen-bond donors (Lipinski definition) is 1. The number of hydrogen-bond acceptors (Lipinski definition) is 5. The fraction of sp³-hybridized carbons (Fsp3) is 0.333. The highest BCUT2D eigenvalue weighted by molar-refractivity contribution is 6.31. The summed E-state index contributed by atoms with van der Waals surface area (Å²) < 4.78 is 16.4. The topological polar surface area (TPSA) is 69.2 Å². The van der Waals surface area contributed by atoms with Crippen molar-refractivity contribution in [1.82, 2.24) is 5.43 Å². The van der Waals surface area contributed by atoms with E-state index in [0.29, 0.717) is 41.0 Å². The third-order valence-electron chi connectivity index (χ3n) is 3.74. The molecule has 0 heterocycles. The largest absolute Gasteiger partial charge is 0.497 e. The molecule has 7 heteroatoms. The van der Waals surface area contributed by atoms with E-state index < -0.39 is 0 Å². The third kappa shape index (κ3) is 6.46. The SMILES string of the molecule is CCCOc1ccc(/C=N/NC(=O)Cc2cc(OC)ccc2Cl)cc1OCC. The normalized spacial score (nSPS) is 10.7. The number of nitrogens with one attached hydrogen (secondary N) is 1. The first-order valence-corrected chi connectivity index (χ1v) is 9.49. The monoisotopic (exact) mass is 404 g/mol. The molecule has 0 aliphatic rings. The van der Waals surface area contributed by atoms with Crippen LogP contribution in [0.3, 0.4) is 0 Å². The number of methoxy groups -OCH3 is 1. The third-order valence-corrected chi connectivity index (χ3v) is 4.10. The number of benzene rings is 2. The van der Waals surface area contributed by atoms with Crippen molar-refractivity contribution in [2.75, 3.05) is 20.3 Å². The minimum absolute atomic E-state index is 0.0986. The van der Waals surface area contributed by atoms with Gasteiger partial charge in [0.05, 0.1) is 33.0 Å². The molecular weight excluding hydrogens is 380 g/mol. The highest BCUT2D eigenvalue weighted by Crippen LogP contribution is 2.28. The molecule has 28 heavy (non-hydrogen) atoms. The Balaban J connectivity index is 1.99. The molecule has 1 N–H and O–H groups in total. The number of rotatable bonds is 10. The summed E-state index contributed by atoms with van der Waals surface area (Å²) in [6.07, 6.45) is 2.57. The Labute approximate surface area is 170 Å². The van der Waals surface area contributed by atoms with Crippen molar-refractivity contribution in [1.29, 1.82) is 0 Å². The summed E-state index contributed by atoms with van der Waals surface area (Å²) in [5.41, 5.74) is 3.96. The quantitative estimate of drug-likeness (QED) is 0.475. The molecule has 1 amide bonds. The molecule has 2 rings (SSSR count). The molecular formula is C21H25ClN2O4. The summed E-state index contributed by atoms with van der Waals surface area (Å²) >= 11 is 6.13. The van der Waals surface area contributed by atoms with E-state index in [-0.39, 0.29) is 12.3 Å². The van der Waals surface area contributed by atoms with Crippen LogP contribution in [-0.4, -0.2) is 32.4 Å². The van der Waals surface area contributed by atoms with Crippen molar-refractivity contribution in [3.8, 4) is 17.2 Å². The van der Waals surface area contributed by atoms with Crippen LogP contribution < -0.4 is 19.6 Å². The molecule has 150 valence electrons. The lowest BCUT2D eigenvalue weighted by atomic mass is 10.1. The Kier molecular flexibility index (Phi) is 8.62. The smallest absolute Gasteiger partial charge is 0.244 e. The van der Waals surface area contributed by atoms with Crippen molar-refractivity contribution in [2.24, 2.45) is 5.10 Å². The molecule has 0 radical (unpaired) electrons. The highest BCUT2D eigenvalue weighted by atomic mass is 35.5. The van der Waals surface area contributed by atoms with Crippen LogP contribution >= 0.6 is 11.6 Å². The molecule has 0 saturated heterocycles. The van der Waals surface area contributed by atoms with Crippen molar-refractivity contribution in [2.45, 2.75) is 26.7 Å². The van der Waals surface area contributed by atoms with Gasteiger partial charge in [0.2, 0.25) is 5.91 Å². The molecule has 0 aromatic heterocycles. The Hall–Kier alpha value is -2.73. The van der Waals surface area contributed by atoms with Gasteiger partial charge in [-0.1, -0.05) is 18.5 Å². The predicted molar refractivity (Wildman–Crippen MR) is 111 cm³/mol. The van der Waals surface area contributed by atoms with Crippen LogP contribution in [0.25, 0.3) is 0 Å². The number of carbonyl (C=O) groups excluding carboxylic acids is 1. The lowest BCUT2D eigenvalue weighted by Gasteiger charge is -2.11. The summed E-state index contributed by atoms with van der Waals surface area (Å²) in [7, 11) is 1.56. The summed E-state index contributed by atoms with van der Waals surface area (Å²) in [6.45, 7) is 5.11. The molecule has 0 bridgehead atoms. The number of amides is 1. The van der Waals surface area contributed by atoms with Gasteiger partial charge in [-0.2, -0.15) is 5.10 Å². The minimum atomic E-state index is -0.278. The van der Waals surface area contributed by atoms with Gasteiger partial charge in [0, 0.05) is 5.02 Å². The second kappa shape index (κ2) is 11.2. The molecule has 0 spiro atoms. The molecule has 0 unspecified atom stereocenters.